The van der Waals surface area contributed by atoms with Crippen LogP contribution < -0.4 is 10.2 Å². The summed E-state index contributed by atoms with van der Waals surface area (Å²) in [6, 6.07) is 4.18. The third-order valence-electron chi connectivity index (χ3n) is 2.85. The largest absolute Gasteiger partial charge is 0.357 e. The molecule has 1 rings (SSSR count). The molecule has 0 bridgehead atoms. The van der Waals surface area contributed by atoms with E-state index in [9.17, 15) is 0 Å². The standard InChI is InChI=1S/C15H27N3/c1-6-11-18(7-2)14-13(9-8-10-16-14)12-17-15(3,4)5/h8-10,17H,6-7,11-12H2,1-5H3. The second kappa shape index (κ2) is 6.74. The summed E-state index contributed by atoms with van der Waals surface area (Å²) in [4.78, 5) is 6.90. The third-order valence-corrected chi connectivity index (χ3v) is 2.85. The van der Waals surface area contributed by atoms with Crippen LogP contribution in [0, 0.1) is 0 Å². The van der Waals surface area contributed by atoms with Crippen LogP contribution in [0.1, 0.15) is 46.6 Å². The van der Waals surface area contributed by atoms with Gasteiger partial charge in [0.2, 0.25) is 0 Å². The summed E-state index contributed by atoms with van der Waals surface area (Å²) >= 11 is 0. The highest BCUT2D eigenvalue weighted by Gasteiger charge is 2.13. The molecule has 0 saturated heterocycles. The Morgan fingerprint density at radius 1 is 1.28 bits per heavy atom. The van der Waals surface area contributed by atoms with E-state index in [4.69, 9.17) is 0 Å². The van der Waals surface area contributed by atoms with E-state index in [1.165, 1.54) is 5.56 Å². The zero-order valence-electron chi connectivity index (χ0n) is 12.5. The minimum Gasteiger partial charge on any atom is -0.357 e. The Bertz CT molecular complexity index is 355. The lowest BCUT2D eigenvalue weighted by Crippen LogP contribution is -2.36. The summed E-state index contributed by atoms with van der Waals surface area (Å²) in [6.45, 7) is 13.9. The fraction of sp³-hybridized carbons (Fsp3) is 0.667. The smallest absolute Gasteiger partial charge is 0.132 e. The van der Waals surface area contributed by atoms with Gasteiger partial charge in [0, 0.05) is 36.9 Å². The van der Waals surface area contributed by atoms with Crippen molar-refractivity contribution in [2.45, 2.75) is 53.1 Å². The Morgan fingerprint density at radius 3 is 2.56 bits per heavy atom. The number of nitrogens with one attached hydrogen (secondary N) is 1. The summed E-state index contributed by atoms with van der Waals surface area (Å²) in [5.41, 5.74) is 1.41. The maximum atomic E-state index is 4.56. The van der Waals surface area contributed by atoms with E-state index >= 15 is 0 Å². The van der Waals surface area contributed by atoms with Crippen molar-refractivity contribution >= 4 is 5.82 Å². The highest BCUT2D eigenvalue weighted by molar-refractivity contribution is 5.46. The SMILES string of the molecule is CCCN(CC)c1ncccc1CNC(C)(C)C. The van der Waals surface area contributed by atoms with Gasteiger partial charge in [-0.3, -0.25) is 0 Å². The number of anilines is 1. The van der Waals surface area contributed by atoms with Crippen LogP contribution >= 0.6 is 0 Å². The predicted molar refractivity (Wildman–Crippen MR) is 79.0 cm³/mol. The van der Waals surface area contributed by atoms with Crippen molar-refractivity contribution in [2.75, 3.05) is 18.0 Å². The second-order valence-electron chi connectivity index (χ2n) is 5.67. The van der Waals surface area contributed by atoms with Gasteiger partial charge < -0.3 is 10.2 Å². The van der Waals surface area contributed by atoms with Crippen molar-refractivity contribution in [1.82, 2.24) is 10.3 Å². The average molecular weight is 249 g/mol. The average Bonchev–Trinajstić information content (AvgIpc) is 2.33. The zero-order valence-corrected chi connectivity index (χ0v) is 12.5. The van der Waals surface area contributed by atoms with Crippen molar-refractivity contribution in [3.05, 3.63) is 23.9 Å². The minimum absolute atomic E-state index is 0.134. The molecule has 1 aromatic heterocycles. The number of aromatic nitrogens is 1. The maximum Gasteiger partial charge on any atom is 0.132 e. The number of pyridine rings is 1. The van der Waals surface area contributed by atoms with Gasteiger partial charge in [-0.05, 0) is 40.2 Å². The van der Waals surface area contributed by atoms with Crippen LogP contribution in [0.2, 0.25) is 0 Å². The molecule has 0 spiro atoms. The molecule has 0 unspecified atom stereocenters. The van der Waals surface area contributed by atoms with E-state index in [0.717, 1.165) is 31.9 Å². The fourth-order valence-electron chi connectivity index (χ4n) is 1.90. The summed E-state index contributed by atoms with van der Waals surface area (Å²) < 4.78 is 0. The summed E-state index contributed by atoms with van der Waals surface area (Å²) in [6.07, 6.45) is 3.03. The van der Waals surface area contributed by atoms with Crippen LogP contribution in [0.5, 0.6) is 0 Å². The Labute approximate surface area is 112 Å². The first-order chi connectivity index (χ1) is 8.48. The molecule has 18 heavy (non-hydrogen) atoms. The van der Waals surface area contributed by atoms with Gasteiger partial charge in [0.15, 0.2) is 0 Å². The lowest BCUT2D eigenvalue weighted by molar-refractivity contribution is 0.424. The van der Waals surface area contributed by atoms with Gasteiger partial charge in [-0.25, -0.2) is 4.98 Å². The van der Waals surface area contributed by atoms with Gasteiger partial charge in [-0.15, -0.1) is 0 Å². The molecular weight excluding hydrogens is 222 g/mol. The summed E-state index contributed by atoms with van der Waals surface area (Å²) in [5.74, 6) is 1.12. The van der Waals surface area contributed by atoms with Crippen LogP contribution in [0.3, 0.4) is 0 Å². The number of rotatable bonds is 6. The van der Waals surface area contributed by atoms with Gasteiger partial charge >= 0.3 is 0 Å². The molecule has 0 fully saturated rings. The Kier molecular flexibility index (Phi) is 5.60. The van der Waals surface area contributed by atoms with Gasteiger partial charge in [0.25, 0.3) is 0 Å². The third kappa shape index (κ3) is 4.65. The molecule has 0 aromatic carbocycles. The van der Waals surface area contributed by atoms with Crippen LogP contribution in [-0.2, 0) is 6.54 Å². The van der Waals surface area contributed by atoms with Crippen LogP contribution in [0.25, 0.3) is 0 Å². The molecule has 1 N–H and O–H groups in total. The van der Waals surface area contributed by atoms with Crippen molar-refractivity contribution in [1.29, 1.82) is 0 Å². The predicted octanol–water partition coefficient (Wildman–Crippen LogP) is 3.21. The zero-order chi connectivity index (χ0) is 13.6. The van der Waals surface area contributed by atoms with E-state index in [-0.39, 0.29) is 5.54 Å². The topological polar surface area (TPSA) is 28.2 Å². The molecule has 0 aliphatic rings. The first-order valence-corrected chi connectivity index (χ1v) is 6.91. The molecule has 0 aliphatic carbocycles. The van der Waals surface area contributed by atoms with Gasteiger partial charge in [0.05, 0.1) is 0 Å². The van der Waals surface area contributed by atoms with Gasteiger partial charge in [0.1, 0.15) is 5.82 Å². The molecule has 0 aliphatic heterocycles. The quantitative estimate of drug-likeness (QED) is 0.839. The van der Waals surface area contributed by atoms with E-state index in [0.29, 0.717) is 0 Å². The van der Waals surface area contributed by atoms with Crippen LogP contribution in [-0.4, -0.2) is 23.6 Å². The van der Waals surface area contributed by atoms with Crippen molar-refractivity contribution < 1.29 is 0 Å². The molecule has 0 amide bonds. The van der Waals surface area contributed by atoms with Gasteiger partial charge in [-0.2, -0.15) is 0 Å². The minimum atomic E-state index is 0.134. The van der Waals surface area contributed by atoms with E-state index in [2.05, 4.69) is 55.9 Å². The molecule has 3 nitrogen and oxygen atoms in total. The fourth-order valence-corrected chi connectivity index (χ4v) is 1.90. The number of nitrogens with zero attached hydrogens (tertiary/aromatic N) is 2. The molecular formula is C15H27N3. The molecule has 102 valence electrons. The Hall–Kier alpha value is -1.09. The van der Waals surface area contributed by atoms with Crippen molar-refractivity contribution in [2.24, 2.45) is 0 Å². The normalized spacial score (nSPS) is 11.6. The Morgan fingerprint density at radius 2 is 2.00 bits per heavy atom. The molecule has 0 saturated carbocycles. The van der Waals surface area contributed by atoms with E-state index in [1.807, 2.05) is 12.3 Å². The van der Waals surface area contributed by atoms with Crippen molar-refractivity contribution in [3.8, 4) is 0 Å². The molecule has 1 heterocycles. The molecule has 1 aromatic rings. The van der Waals surface area contributed by atoms with Crippen LogP contribution in [0.15, 0.2) is 18.3 Å². The number of hydrogen-bond acceptors (Lipinski definition) is 3. The van der Waals surface area contributed by atoms with Crippen molar-refractivity contribution in [3.63, 3.8) is 0 Å². The highest BCUT2D eigenvalue weighted by atomic mass is 15.2. The lowest BCUT2D eigenvalue weighted by Gasteiger charge is -2.26. The second-order valence-corrected chi connectivity index (χ2v) is 5.67. The van der Waals surface area contributed by atoms with Crippen LogP contribution in [0.4, 0.5) is 5.82 Å². The molecule has 3 heteroatoms. The number of hydrogen-bond donors (Lipinski definition) is 1. The van der Waals surface area contributed by atoms with E-state index < -0.39 is 0 Å². The highest BCUT2D eigenvalue weighted by Crippen LogP contribution is 2.18. The molecule has 0 radical (unpaired) electrons. The first-order valence-electron chi connectivity index (χ1n) is 6.91. The van der Waals surface area contributed by atoms with E-state index in [1.54, 1.807) is 0 Å². The maximum absolute atomic E-state index is 4.56. The Balaban J connectivity index is 2.84. The van der Waals surface area contributed by atoms with Gasteiger partial charge in [-0.1, -0.05) is 13.0 Å². The first kappa shape index (κ1) is 15.0. The monoisotopic (exact) mass is 249 g/mol. The molecule has 0 atom stereocenters. The summed E-state index contributed by atoms with van der Waals surface area (Å²) in [5, 5.41) is 3.53. The summed E-state index contributed by atoms with van der Waals surface area (Å²) in [7, 11) is 0. The lowest BCUT2D eigenvalue weighted by atomic mass is 10.1.